The lowest BCUT2D eigenvalue weighted by Crippen LogP contribution is -2.41. The molecule has 0 saturated carbocycles. The number of hydrogen-bond acceptors (Lipinski definition) is 4. The second-order valence-corrected chi connectivity index (χ2v) is 6.09. The quantitative estimate of drug-likeness (QED) is 0.787. The minimum absolute atomic E-state index is 0.248. The van der Waals surface area contributed by atoms with Crippen molar-refractivity contribution in [1.29, 1.82) is 0 Å². The third-order valence-electron chi connectivity index (χ3n) is 3.24. The third-order valence-corrected chi connectivity index (χ3v) is 3.89. The van der Waals surface area contributed by atoms with E-state index in [-0.39, 0.29) is 5.91 Å². The van der Waals surface area contributed by atoms with Gasteiger partial charge >= 0.3 is 5.97 Å². The lowest BCUT2D eigenvalue weighted by Gasteiger charge is -2.16. The molecule has 21 heavy (non-hydrogen) atoms. The van der Waals surface area contributed by atoms with Crippen molar-refractivity contribution < 1.29 is 14.3 Å². The molecule has 0 saturated heterocycles. The van der Waals surface area contributed by atoms with Crippen molar-refractivity contribution >= 4 is 23.6 Å². The van der Waals surface area contributed by atoms with Gasteiger partial charge in [0.25, 0.3) is 5.91 Å². The molecule has 1 aromatic rings. The molecule has 1 aromatic carbocycles. The zero-order valence-electron chi connectivity index (χ0n) is 13.0. The molecule has 0 aliphatic heterocycles. The molecular formula is C16H23NO3S. The van der Waals surface area contributed by atoms with Crippen LogP contribution in [0, 0.1) is 0 Å². The number of esters is 1. The van der Waals surface area contributed by atoms with Gasteiger partial charge in [-0.3, -0.25) is 4.79 Å². The van der Waals surface area contributed by atoms with Gasteiger partial charge in [0.2, 0.25) is 0 Å². The lowest BCUT2D eigenvalue weighted by atomic mass is 10.0. The van der Waals surface area contributed by atoms with E-state index >= 15 is 0 Å². The fraction of sp³-hybridized carbons (Fsp3) is 0.500. The molecule has 5 heteroatoms. The van der Waals surface area contributed by atoms with Crippen LogP contribution in [0.5, 0.6) is 0 Å². The standard InChI is InChI=1S/C16H23NO3S/c1-11(2)12-5-7-13(8-6-12)15(18)17-14(9-10-21-4)16(19)20-3/h5-8,11,14H,9-10H2,1-4H3,(H,17,18)/t14-/m1/s1. The van der Waals surface area contributed by atoms with Crippen molar-refractivity contribution in [3.8, 4) is 0 Å². The SMILES string of the molecule is COC(=O)[C@@H](CCSC)NC(=O)c1ccc(C(C)C)cc1. The molecule has 0 fully saturated rings. The summed E-state index contributed by atoms with van der Waals surface area (Å²) in [6.07, 6.45) is 2.52. The van der Waals surface area contributed by atoms with E-state index in [1.807, 2.05) is 18.4 Å². The molecule has 1 amide bonds. The summed E-state index contributed by atoms with van der Waals surface area (Å²) in [5.74, 6) is 0.552. The van der Waals surface area contributed by atoms with Crippen LogP contribution in [-0.2, 0) is 9.53 Å². The van der Waals surface area contributed by atoms with E-state index in [0.717, 1.165) is 5.75 Å². The number of carbonyl (C=O) groups excluding carboxylic acids is 2. The first-order chi connectivity index (χ1) is 9.99. The number of methoxy groups -OCH3 is 1. The Morgan fingerprint density at radius 1 is 1.24 bits per heavy atom. The predicted molar refractivity (Wildman–Crippen MR) is 86.8 cm³/mol. The molecule has 116 valence electrons. The Kier molecular flexibility index (Phi) is 7.29. The lowest BCUT2D eigenvalue weighted by molar-refractivity contribution is -0.142. The first kappa shape index (κ1) is 17.6. The highest BCUT2D eigenvalue weighted by Crippen LogP contribution is 2.15. The first-order valence-electron chi connectivity index (χ1n) is 6.97. The van der Waals surface area contributed by atoms with Crippen LogP contribution in [0.3, 0.4) is 0 Å². The van der Waals surface area contributed by atoms with Crippen molar-refractivity contribution in [3.63, 3.8) is 0 Å². The van der Waals surface area contributed by atoms with E-state index < -0.39 is 12.0 Å². The summed E-state index contributed by atoms with van der Waals surface area (Å²) < 4.78 is 4.73. The number of hydrogen-bond donors (Lipinski definition) is 1. The van der Waals surface area contributed by atoms with Crippen molar-refractivity contribution in [2.75, 3.05) is 19.1 Å². The normalized spacial score (nSPS) is 12.0. The topological polar surface area (TPSA) is 55.4 Å². The minimum atomic E-state index is -0.597. The summed E-state index contributed by atoms with van der Waals surface area (Å²) in [6, 6.07) is 6.85. The van der Waals surface area contributed by atoms with Crippen LogP contribution in [0.1, 0.15) is 42.1 Å². The van der Waals surface area contributed by atoms with Gasteiger partial charge in [-0.05, 0) is 42.0 Å². The van der Waals surface area contributed by atoms with Gasteiger partial charge in [-0.1, -0.05) is 26.0 Å². The Labute approximate surface area is 130 Å². The predicted octanol–water partition coefficient (Wildman–Crippen LogP) is 2.83. The molecule has 0 aliphatic carbocycles. The molecule has 0 heterocycles. The van der Waals surface area contributed by atoms with Crippen LogP contribution >= 0.6 is 11.8 Å². The highest BCUT2D eigenvalue weighted by Gasteiger charge is 2.21. The van der Waals surface area contributed by atoms with Crippen molar-refractivity contribution in [2.45, 2.75) is 32.2 Å². The number of rotatable bonds is 7. The highest BCUT2D eigenvalue weighted by molar-refractivity contribution is 7.98. The fourth-order valence-electron chi connectivity index (χ4n) is 1.89. The molecule has 1 rings (SSSR count). The second kappa shape index (κ2) is 8.72. The van der Waals surface area contributed by atoms with E-state index in [1.165, 1.54) is 12.7 Å². The van der Waals surface area contributed by atoms with Gasteiger partial charge in [0.15, 0.2) is 0 Å². The fourth-order valence-corrected chi connectivity index (χ4v) is 2.36. The molecule has 0 radical (unpaired) electrons. The number of ether oxygens (including phenoxy) is 1. The molecular weight excluding hydrogens is 286 g/mol. The Bertz CT molecular complexity index is 471. The zero-order valence-corrected chi connectivity index (χ0v) is 13.8. The molecule has 0 aliphatic rings. The van der Waals surface area contributed by atoms with Gasteiger partial charge in [-0.15, -0.1) is 0 Å². The molecule has 4 nitrogen and oxygen atoms in total. The minimum Gasteiger partial charge on any atom is -0.467 e. The number of amides is 1. The summed E-state index contributed by atoms with van der Waals surface area (Å²) in [6.45, 7) is 4.20. The molecule has 0 unspecified atom stereocenters. The Balaban J connectivity index is 2.74. The second-order valence-electron chi connectivity index (χ2n) is 5.11. The zero-order chi connectivity index (χ0) is 15.8. The third kappa shape index (κ3) is 5.42. The van der Waals surface area contributed by atoms with E-state index in [0.29, 0.717) is 17.9 Å². The maximum absolute atomic E-state index is 12.2. The van der Waals surface area contributed by atoms with E-state index in [9.17, 15) is 9.59 Å². The van der Waals surface area contributed by atoms with Crippen molar-refractivity contribution in [1.82, 2.24) is 5.32 Å². The van der Waals surface area contributed by atoms with Crippen LogP contribution in [0.15, 0.2) is 24.3 Å². The Morgan fingerprint density at radius 2 is 1.86 bits per heavy atom. The van der Waals surface area contributed by atoms with Gasteiger partial charge in [0, 0.05) is 5.56 Å². The van der Waals surface area contributed by atoms with Gasteiger partial charge in [0.1, 0.15) is 6.04 Å². The van der Waals surface area contributed by atoms with E-state index in [1.54, 1.807) is 23.9 Å². The van der Waals surface area contributed by atoms with Crippen LogP contribution in [0.2, 0.25) is 0 Å². The number of thioether (sulfide) groups is 1. The van der Waals surface area contributed by atoms with E-state index in [2.05, 4.69) is 19.2 Å². The maximum Gasteiger partial charge on any atom is 0.328 e. The summed E-state index contributed by atoms with van der Waals surface area (Å²) in [4.78, 5) is 23.9. The monoisotopic (exact) mass is 309 g/mol. The Morgan fingerprint density at radius 3 is 2.33 bits per heavy atom. The number of nitrogens with one attached hydrogen (secondary N) is 1. The van der Waals surface area contributed by atoms with Crippen LogP contribution in [0.25, 0.3) is 0 Å². The maximum atomic E-state index is 12.2. The highest BCUT2D eigenvalue weighted by atomic mass is 32.2. The van der Waals surface area contributed by atoms with Gasteiger partial charge < -0.3 is 10.1 Å². The molecule has 0 aromatic heterocycles. The van der Waals surface area contributed by atoms with Crippen LogP contribution in [0.4, 0.5) is 0 Å². The van der Waals surface area contributed by atoms with Crippen molar-refractivity contribution in [2.24, 2.45) is 0 Å². The molecule has 0 spiro atoms. The van der Waals surface area contributed by atoms with Crippen LogP contribution < -0.4 is 5.32 Å². The van der Waals surface area contributed by atoms with Gasteiger partial charge in [-0.25, -0.2) is 4.79 Å². The Hall–Kier alpha value is -1.49. The van der Waals surface area contributed by atoms with Gasteiger partial charge in [0.05, 0.1) is 7.11 Å². The van der Waals surface area contributed by atoms with Gasteiger partial charge in [-0.2, -0.15) is 11.8 Å². The summed E-state index contributed by atoms with van der Waals surface area (Å²) in [5, 5.41) is 2.74. The summed E-state index contributed by atoms with van der Waals surface area (Å²) >= 11 is 1.63. The van der Waals surface area contributed by atoms with Crippen LogP contribution in [-0.4, -0.2) is 37.0 Å². The van der Waals surface area contributed by atoms with E-state index in [4.69, 9.17) is 4.74 Å². The first-order valence-corrected chi connectivity index (χ1v) is 8.36. The average molecular weight is 309 g/mol. The number of benzene rings is 1. The molecule has 0 bridgehead atoms. The summed E-state index contributed by atoms with van der Waals surface area (Å²) in [5.41, 5.74) is 1.73. The number of carbonyl (C=O) groups is 2. The van der Waals surface area contributed by atoms with Crippen molar-refractivity contribution in [3.05, 3.63) is 35.4 Å². The molecule has 1 atom stereocenters. The largest absolute Gasteiger partial charge is 0.467 e. The molecule has 1 N–H and O–H groups in total. The summed E-state index contributed by atoms with van der Waals surface area (Å²) in [7, 11) is 1.33. The average Bonchev–Trinajstić information content (AvgIpc) is 2.50. The smallest absolute Gasteiger partial charge is 0.328 e.